The molecule has 1 amide bonds. The van der Waals surface area contributed by atoms with Crippen molar-refractivity contribution >= 4 is 5.91 Å². The first-order valence-corrected chi connectivity index (χ1v) is 9.13. The standard InChI is InChI=1S/C19H25F3N2O2/c1-13(2)24-6-4-3-5-19(18(24)25)12-23(7-8-26-19)11-14-9-16(21)17(22)10-15(14)20/h9-10,13H,3-8,11-12H2,1-2H3. The van der Waals surface area contributed by atoms with Crippen LogP contribution in [0.1, 0.15) is 38.7 Å². The van der Waals surface area contributed by atoms with Crippen molar-refractivity contribution < 1.29 is 22.7 Å². The molecule has 26 heavy (non-hydrogen) atoms. The average molecular weight is 370 g/mol. The summed E-state index contributed by atoms with van der Waals surface area (Å²) in [4.78, 5) is 16.8. The van der Waals surface area contributed by atoms with Crippen LogP contribution >= 0.6 is 0 Å². The molecule has 0 radical (unpaired) electrons. The number of hydrogen-bond donors (Lipinski definition) is 0. The molecule has 1 aromatic carbocycles. The molecule has 4 nitrogen and oxygen atoms in total. The van der Waals surface area contributed by atoms with Crippen molar-refractivity contribution in [3.05, 3.63) is 35.1 Å². The zero-order valence-corrected chi connectivity index (χ0v) is 15.2. The molecule has 2 heterocycles. The van der Waals surface area contributed by atoms with Crippen LogP contribution in [0.25, 0.3) is 0 Å². The Hall–Kier alpha value is -1.60. The maximum absolute atomic E-state index is 14.0. The van der Waals surface area contributed by atoms with Gasteiger partial charge < -0.3 is 9.64 Å². The van der Waals surface area contributed by atoms with Crippen molar-refractivity contribution in [3.63, 3.8) is 0 Å². The van der Waals surface area contributed by atoms with Crippen molar-refractivity contribution in [2.45, 2.75) is 51.3 Å². The van der Waals surface area contributed by atoms with Crippen LogP contribution in [0, 0.1) is 17.5 Å². The van der Waals surface area contributed by atoms with Crippen molar-refractivity contribution in [2.75, 3.05) is 26.2 Å². The summed E-state index contributed by atoms with van der Waals surface area (Å²) >= 11 is 0. The van der Waals surface area contributed by atoms with Gasteiger partial charge in [-0.3, -0.25) is 9.69 Å². The van der Waals surface area contributed by atoms with Crippen molar-refractivity contribution in [1.29, 1.82) is 0 Å². The third-order valence-electron chi connectivity index (χ3n) is 5.25. The van der Waals surface area contributed by atoms with Crippen molar-refractivity contribution in [3.8, 4) is 0 Å². The number of rotatable bonds is 3. The summed E-state index contributed by atoms with van der Waals surface area (Å²) < 4.78 is 46.6. The smallest absolute Gasteiger partial charge is 0.256 e. The maximum Gasteiger partial charge on any atom is 0.256 e. The van der Waals surface area contributed by atoms with Gasteiger partial charge in [-0.25, -0.2) is 13.2 Å². The van der Waals surface area contributed by atoms with Crippen LogP contribution in [0.2, 0.25) is 0 Å². The number of nitrogens with zero attached hydrogens (tertiary/aromatic N) is 2. The molecule has 2 fully saturated rings. The molecule has 144 valence electrons. The SMILES string of the molecule is CC(C)N1CCCCC2(CN(Cc3cc(F)c(F)cc3F)CCO2)C1=O. The van der Waals surface area contributed by atoms with E-state index in [-0.39, 0.29) is 24.1 Å². The van der Waals surface area contributed by atoms with Crippen molar-refractivity contribution in [2.24, 2.45) is 0 Å². The van der Waals surface area contributed by atoms with Gasteiger partial charge in [0.05, 0.1) is 6.61 Å². The second kappa shape index (κ2) is 7.56. The molecule has 1 atom stereocenters. The van der Waals surface area contributed by atoms with Crippen molar-refractivity contribution in [1.82, 2.24) is 9.80 Å². The monoisotopic (exact) mass is 370 g/mol. The molecule has 2 aliphatic heterocycles. The summed E-state index contributed by atoms with van der Waals surface area (Å²) in [6.45, 7) is 5.97. The lowest BCUT2D eigenvalue weighted by molar-refractivity contribution is -0.172. The molecular weight excluding hydrogens is 345 g/mol. The molecule has 2 aliphatic rings. The third-order valence-corrected chi connectivity index (χ3v) is 5.25. The fraction of sp³-hybridized carbons (Fsp3) is 0.632. The predicted octanol–water partition coefficient (Wildman–Crippen LogP) is 3.10. The normalized spacial score (nSPS) is 25.2. The molecule has 0 aromatic heterocycles. The minimum atomic E-state index is -1.20. The number of hydrogen-bond acceptors (Lipinski definition) is 3. The van der Waals surface area contributed by atoms with E-state index in [2.05, 4.69) is 0 Å². The average Bonchev–Trinajstić information content (AvgIpc) is 2.73. The third kappa shape index (κ3) is 3.74. The highest BCUT2D eigenvalue weighted by Gasteiger charge is 2.47. The summed E-state index contributed by atoms with van der Waals surface area (Å²) in [5, 5.41) is 0. The molecule has 0 N–H and O–H groups in total. The molecule has 0 bridgehead atoms. The molecule has 2 saturated heterocycles. The number of benzene rings is 1. The van der Waals surface area contributed by atoms with Crippen LogP contribution in [0.15, 0.2) is 12.1 Å². The summed E-state index contributed by atoms with van der Waals surface area (Å²) in [7, 11) is 0. The van der Waals surface area contributed by atoms with E-state index in [0.717, 1.165) is 18.9 Å². The fourth-order valence-corrected chi connectivity index (χ4v) is 3.85. The van der Waals surface area contributed by atoms with Gasteiger partial charge >= 0.3 is 0 Å². The van der Waals surface area contributed by atoms with E-state index in [0.29, 0.717) is 38.7 Å². The number of likely N-dealkylation sites (tertiary alicyclic amines) is 1. The molecule has 0 saturated carbocycles. The topological polar surface area (TPSA) is 32.8 Å². The van der Waals surface area contributed by atoms with E-state index >= 15 is 0 Å². The van der Waals surface area contributed by atoms with Crippen LogP contribution < -0.4 is 0 Å². The van der Waals surface area contributed by atoms with Crippen LogP contribution in [0.5, 0.6) is 0 Å². The lowest BCUT2D eigenvalue weighted by Gasteiger charge is -2.43. The number of carbonyl (C=O) groups is 1. The van der Waals surface area contributed by atoms with Gasteiger partial charge in [-0.2, -0.15) is 0 Å². The van der Waals surface area contributed by atoms with E-state index in [1.807, 2.05) is 23.6 Å². The number of amides is 1. The zero-order chi connectivity index (χ0) is 18.9. The first-order chi connectivity index (χ1) is 12.3. The summed E-state index contributed by atoms with van der Waals surface area (Å²) in [6, 6.07) is 1.54. The summed E-state index contributed by atoms with van der Waals surface area (Å²) in [5.41, 5.74) is -0.851. The van der Waals surface area contributed by atoms with Crippen LogP contribution in [-0.2, 0) is 16.1 Å². The van der Waals surface area contributed by atoms with Crippen LogP contribution in [0.4, 0.5) is 13.2 Å². The molecule has 1 aromatic rings. The second-order valence-corrected chi connectivity index (χ2v) is 7.46. The number of carbonyl (C=O) groups excluding carboxylic acids is 1. The highest BCUT2D eigenvalue weighted by atomic mass is 19.2. The van der Waals surface area contributed by atoms with E-state index in [4.69, 9.17) is 4.74 Å². The molecule has 1 unspecified atom stereocenters. The Morgan fingerprint density at radius 2 is 1.85 bits per heavy atom. The summed E-state index contributed by atoms with van der Waals surface area (Å²) in [6.07, 6.45) is 2.42. The highest BCUT2D eigenvalue weighted by Crippen LogP contribution is 2.31. The Morgan fingerprint density at radius 1 is 1.12 bits per heavy atom. The Kier molecular flexibility index (Phi) is 5.58. The lowest BCUT2D eigenvalue weighted by atomic mass is 9.93. The number of morpholine rings is 1. The predicted molar refractivity (Wildman–Crippen MR) is 91.0 cm³/mol. The Morgan fingerprint density at radius 3 is 2.58 bits per heavy atom. The van der Waals surface area contributed by atoms with Gasteiger partial charge in [-0.05, 0) is 39.2 Å². The first kappa shape index (κ1) is 19.2. The van der Waals surface area contributed by atoms with Gasteiger partial charge in [-0.1, -0.05) is 0 Å². The van der Waals surface area contributed by atoms with Crippen LogP contribution in [-0.4, -0.2) is 53.6 Å². The van der Waals surface area contributed by atoms with Gasteiger partial charge in [-0.15, -0.1) is 0 Å². The van der Waals surface area contributed by atoms with E-state index in [1.165, 1.54) is 0 Å². The lowest BCUT2D eigenvalue weighted by Crippen LogP contribution is -2.60. The molecule has 1 spiro atoms. The van der Waals surface area contributed by atoms with Gasteiger partial charge in [0.25, 0.3) is 5.91 Å². The van der Waals surface area contributed by atoms with E-state index in [1.54, 1.807) is 0 Å². The first-order valence-electron chi connectivity index (χ1n) is 9.13. The van der Waals surface area contributed by atoms with E-state index < -0.39 is 23.1 Å². The maximum atomic E-state index is 14.0. The summed E-state index contributed by atoms with van der Waals surface area (Å²) in [5.74, 6) is -3.07. The highest BCUT2D eigenvalue weighted by molar-refractivity contribution is 5.86. The Balaban J connectivity index is 1.80. The molecule has 3 rings (SSSR count). The molecule has 0 aliphatic carbocycles. The minimum absolute atomic E-state index is 0.0274. The second-order valence-electron chi connectivity index (χ2n) is 7.46. The Labute approximate surface area is 151 Å². The van der Waals surface area contributed by atoms with Gasteiger partial charge in [0, 0.05) is 43.9 Å². The molecular formula is C19H25F3N2O2. The Bertz CT molecular complexity index is 683. The largest absolute Gasteiger partial charge is 0.362 e. The zero-order valence-electron chi connectivity index (χ0n) is 15.2. The number of ether oxygens (including phenoxy) is 1. The fourth-order valence-electron chi connectivity index (χ4n) is 3.85. The van der Waals surface area contributed by atoms with Gasteiger partial charge in [0.2, 0.25) is 0 Å². The van der Waals surface area contributed by atoms with Crippen LogP contribution in [0.3, 0.4) is 0 Å². The van der Waals surface area contributed by atoms with Gasteiger partial charge in [0.1, 0.15) is 5.82 Å². The van der Waals surface area contributed by atoms with Gasteiger partial charge in [0.15, 0.2) is 17.2 Å². The quantitative estimate of drug-likeness (QED) is 0.767. The minimum Gasteiger partial charge on any atom is -0.362 e. The molecule has 7 heteroatoms. The number of halogens is 3. The van der Waals surface area contributed by atoms with E-state index in [9.17, 15) is 18.0 Å².